The zero-order chi connectivity index (χ0) is 34.1. The Labute approximate surface area is 278 Å². The van der Waals surface area contributed by atoms with E-state index in [9.17, 15) is 23.1 Å². The molecule has 4 rings (SSSR count). The first-order chi connectivity index (χ1) is 22.4. The summed E-state index contributed by atoms with van der Waals surface area (Å²) in [7, 11) is -2.25. The molecule has 2 heterocycles. The molecule has 3 aromatic rings. The van der Waals surface area contributed by atoms with Gasteiger partial charge in [0.25, 0.3) is 11.8 Å². The van der Waals surface area contributed by atoms with Gasteiger partial charge in [0, 0.05) is 56.3 Å². The minimum Gasteiger partial charge on any atom is -0.490 e. The van der Waals surface area contributed by atoms with Crippen molar-refractivity contribution in [1.29, 1.82) is 0 Å². The van der Waals surface area contributed by atoms with Crippen LogP contribution in [0, 0.1) is 12.8 Å². The molecule has 0 aliphatic carbocycles. The number of pyridine rings is 1. The number of aromatic nitrogens is 1. The van der Waals surface area contributed by atoms with Crippen molar-refractivity contribution in [3.63, 3.8) is 0 Å². The van der Waals surface area contributed by atoms with E-state index in [0.717, 1.165) is 18.4 Å². The summed E-state index contributed by atoms with van der Waals surface area (Å²) in [5, 5.41) is 13.1. The van der Waals surface area contributed by atoms with Gasteiger partial charge in [0.1, 0.15) is 5.75 Å². The molecule has 2 aromatic carbocycles. The van der Waals surface area contributed by atoms with E-state index in [1.165, 1.54) is 23.7 Å². The van der Waals surface area contributed by atoms with E-state index in [-0.39, 0.29) is 48.1 Å². The fourth-order valence-corrected chi connectivity index (χ4v) is 6.59. The number of aryl methyl sites for hydroxylation is 1. The number of benzene rings is 2. The first-order valence-electron chi connectivity index (χ1n) is 16.0. The SMILES string of the molecule is Cc1ccc(S(=O)(=O)N(C)C[C@@H]2OCCCC[C@H](C)Oc3ccc(NC(=O)c4ccncc4)cc3C(=O)N([C@H](C)CO)C[C@H]2C)cc1. The third-order valence-corrected chi connectivity index (χ3v) is 10.3. The number of hydrogen-bond acceptors (Lipinski definition) is 8. The summed E-state index contributed by atoms with van der Waals surface area (Å²) >= 11 is 0. The topological polar surface area (TPSA) is 138 Å². The van der Waals surface area contributed by atoms with Crippen LogP contribution >= 0.6 is 0 Å². The number of carbonyl (C=O) groups excluding carboxylic acids is 2. The van der Waals surface area contributed by atoms with E-state index >= 15 is 0 Å². The second kappa shape index (κ2) is 16.3. The fraction of sp³-hybridized carbons (Fsp3) is 0.457. The number of aliphatic hydroxyl groups excluding tert-OH is 1. The molecule has 0 bridgehead atoms. The summed E-state index contributed by atoms with van der Waals surface area (Å²) in [4.78, 5) is 32.9. The van der Waals surface area contributed by atoms with Gasteiger partial charge in [-0.2, -0.15) is 4.31 Å². The normalized spacial score (nSPS) is 20.5. The standard InChI is InChI=1S/C35H46N4O7S/c1-24-9-12-30(13-10-24)47(43,44)38(5)22-33-25(2)21-39(26(3)23-40)35(42)31-20-29(37-34(41)28-15-17-36-18-16-28)11-14-32(31)46-27(4)8-6-7-19-45-33/h9-18,20,25-27,33,40H,6-8,19,21-23H2,1-5H3,(H,37,41)/t25-,26-,27+,33+/m1/s1. The Kier molecular flexibility index (Phi) is 12.5. The average molecular weight is 667 g/mol. The molecule has 0 radical (unpaired) electrons. The Morgan fingerprint density at radius 2 is 1.81 bits per heavy atom. The van der Waals surface area contributed by atoms with Gasteiger partial charge in [0.05, 0.1) is 35.3 Å². The molecule has 1 aromatic heterocycles. The van der Waals surface area contributed by atoms with Crippen LogP contribution in [0.4, 0.5) is 5.69 Å². The molecule has 254 valence electrons. The summed E-state index contributed by atoms with van der Waals surface area (Å²) in [5.74, 6) is -0.684. The molecule has 0 saturated carbocycles. The van der Waals surface area contributed by atoms with Crippen molar-refractivity contribution in [1.82, 2.24) is 14.2 Å². The molecule has 2 amide bonds. The van der Waals surface area contributed by atoms with E-state index in [1.54, 1.807) is 66.4 Å². The Morgan fingerprint density at radius 3 is 2.49 bits per heavy atom. The van der Waals surface area contributed by atoms with Crippen molar-refractivity contribution in [2.75, 3.05) is 38.7 Å². The third-order valence-electron chi connectivity index (χ3n) is 8.42. The summed E-state index contributed by atoms with van der Waals surface area (Å²) < 4.78 is 40.8. The summed E-state index contributed by atoms with van der Waals surface area (Å²) in [6.45, 7) is 7.87. The van der Waals surface area contributed by atoms with E-state index in [2.05, 4.69) is 10.3 Å². The lowest BCUT2D eigenvalue weighted by Crippen LogP contribution is -2.48. The van der Waals surface area contributed by atoms with Gasteiger partial charge in [0.2, 0.25) is 10.0 Å². The molecular weight excluding hydrogens is 620 g/mol. The van der Waals surface area contributed by atoms with Gasteiger partial charge in [0.15, 0.2) is 0 Å². The number of amides is 2. The summed E-state index contributed by atoms with van der Waals surface area (Å²) in [6, 6.07) is 14.3. The van der Waals surface area contributed by atoms with Crippen molar-refractivity contribution in [2.24, 2.45) is 5.92 Å². The number of sulfonamides is 1. The van der Waals surface area contributed by atoms with Crippen LogP contribution in [-0.2, 0) is 14.8 Å². The number of anilines is 1. The predicted molar refractivity (Wildman–Crippen MR) is 180 cm³/mol. The van der Waals surface area contributed by atoms with Crippen LogP contribution in [0.3, 0.4) is 0 Å². The largest absolute Gasteiger partial charge is 0.490 e. The Balaban J connectivity index is 1.65. The molecule has 1 aliphatic heterocycles. The van der Waals surface area contributed by atoms with Crippen molar-refractivity contribution >= 4 is 27.5 Å². The number of rotatable bonds is 8. The number of carbonyl (C=O) groups is 2. The molecule has 1 aliphatic rings. The van der Waals surface area contributed by atoms with Crippen LogP contribution in [0.25, 0.3) is 0 Å². The Hall–Kier alpha value is -3.84. The van der Waals surface area contributed by atoms with Gasteiger partial charge >= 0.3 is 0 Å². The zero-order valence-corrected chi connectivity index (χ0v) is 28.6. The maximum atomic E-state index is 14.3. The number of aliphatic hydroxyl groups is 1. The van der Waals surface area contributed by atoms with Crippen LogP contribution in [0.2, 0.25) is 0 Å². The Morgan fingerprint density at radius 1 is 1.11 bits per heavy atom. The highest BCUT2D eigenvalue weighted by Crippen LogP contribution is 2.29. The lowest BCUT2D eigenvalue weighted by atomic mass is 10.0. The minimum absolute atomic E-state index is 0.0776. The van der Waals surface area contributed by atoms with Gasteiger partial charge in [-0.05, 0) is 82.5 Å². The average Bonchev–Trinajstić information content (AvgIpc) is 3.06. The number of ether oxygens (including phenoxy) is 2. The number of fused-ring (bicyclic) bond motifs is 1. The van der Waals surface area contributed by atoms with Crippen LogP contribution < -0.4 is 10.1 Å². The van der Waals surface area contributed by atoms with Crippen molar-refractivity contribution in [3.8, 4) is 5.75 Å². The fourth-order valence-electron chi connectivity index (χ4n) is 5.41. The van der Waals surface area contributed by atoms with Crippen LogP contribution in [0.1, 0.15) is 66.3 Å². The second-order valence-corrected chi connectivity index (χ2v) is 14.3. The van der Waals surface area contributed by atoms with Crippen molar-refractivity contribution < 1.29 is 32.6 Å². The van der Waals surface area contributed by atoms with E-state index < -0.39 is 28.1 Å². The number of hydrogen-bond donors (Lipinski definition) is 2. The van der Waals surface area contributed by atoms with Crippen LogP contribution in [-0.4, -0.2) is 91.1 Å². The number of nitrogens with zero attached hydrogens (tertiary/aromatic N) is 3. The number of likely N-dealkylation sites (N-methyl/N-ethyl adjacent to an activating group) is 1. The molecular formula is C35H46N4O7S. The van der Waals surface area contributed by atoms with Crippen LogP contribution in [0.5, 0.6) is 5.75 Å². The minimum atomic E-state index is -3.79. The molecule has 0 unspecified atom stereocenters. The zero-order valence-electron chi connectivity index (χ0n) is 27.8. The van der Waals surface area contributed by atoms with Gasteiger partial charge in [-0.25, -0.2) is 8.42 Å². The molecule has 4 atom stereocenters. The number of nitrogens with one attached hydrogen (secondary N) is 1. The van der Waals surface area contributed by atoms with Gasteiger partial charge in [-0.3, -0.25) is 14.6 Å². The lowest BCUT2D eigenvalue weighted by molar-refractivity contribution is -0.00834. The first kappa shape index (κ1) is 36.0. The van der Waals surface area contributed by atoms with E-state index in [4.69, 9.17) is 9.47 Å². The van der Waals surface area contributed by atoms with E-state index in [0.29, 0.717) is 30.0 Å². The highest BCUT2D eigenvalue weighted by molar-refractivity contribution is 7.89. The first-order valence-corrected chi connectivity index (χ1v) is 17.4. The summed E-state index contributed by atoms with van der Waals surface area (Å²) in [5.41, 5.74) is 2.03. The molecule has 0 spiro atoms. The van der Waals surface area contributed by atoms with Crippen molar-refractivity contribution in [2.45, 2.75) is 70.1 Å². The molecule has 0 saturated heterocycles. The predicted octanol–water partition coefficient (Wildman–Crippen LogP) is 4.76. The lowest BCUT2D eigenvalue weighted by Gasteiger charge is -2.35. The maximum absolute atomic E-state index is 14.3. The molecule has 2 N–H and O–H groups in total. The van der Waals surface area contributed by atoms with Gasteiger partial charge < -0.3 is 24.8 Å². The molecule has 47 heavy (non-hydrogen) atoms. The highest BCUT2D eigenvalue weighted by Gasteiger charge is 2.32. The van der Waals surface area contributed by atoms with Crippen molar-refractivity contribution in [3.05, 3.63) is 83.7 Å². The van der Waals surface area contributed by atoms with Crippen LogP contribution in [0.15, 0.2) is 71.9 Å². The molecule has 0 fully saturated rings. The quantitative estimate of drug-likeness (QED) is 0.351. The Bertz CT molecular complexity index is 1600. The third kappa shape index (κ3) is 9.38. The van der Waals surface area contributed by atoms with Gasteiger partial charge in [-0.1, -0.05) is 24.6 Å². The highest BCUT2D eigenvalue weighted by atomic mass is 32.2. The monoisotopic (exact) mass is 666 g/mol. The second-order valence-electron chi connectivity index (χ2n) is 12.3. The molecule has 11 nitrogen and oxygen atoms in total. The molecule has 12 heteroatoms. The smallest absolute Gasteiger partial charge is 0.258 e. The summed E-state index contributed by atoms with van der Waals surface area (Å²) in [6.07, 6.45) is 4.55. The maximum Gasteiger partial charge on any atom is 0.258 e. The van der Waals surface area contributed by atoms with E-state index in [1.807, 2.05) is 20.8 Å². The van der Waals surface area contributed by atoms with Gasteiger partial charge in [-0.15, -0.1) is 0 Å².